The first-order chi connectivity index (χ1) is 8.95. The van der Waals surface area contributed by atoms with E-state index in [1.807, 2.05) is 32.0 Å². The van der Waals surface area contributed by atoms with Crippen molar-refractivity contribution in [1.29, 1.82) is 0 Å². The van der Waals surface area contributed by atoms with Crippen molar-refractivity contribution in [3.05, 3.63) is 56.7 Å². The average Bonchev–Trinajstić information content (AvgIpc) is 2.26. The monoisotopic (exact) mass is 277 g/mol. The number of rotatable bonds is 3. The van der Waals surface area contributed by atoms with Crippen LogP contribution in [0.15, 0.2) is 30.3 Å². The van der Waals surface area contributed by atoms with Crippen molar-refractivity contribution in [2.24, 2.45) is 0 Å². The summed E-state index contributed by atoms with van der Waals surface area (Å²) in [7, 11) is 0. The van der Waals surface area contributed by atoms with Gasteiger partial charge in [0.15, 0.2) is 0 Å². The van der Waals surface area contributed by atoms with Gasteiger partial charge in [0.1, 0.15) is 5.15 Å². The summed E-state index contributed by atoms with van der Waals surface area (Å²) in [5.74, 6) is 0.141. The molecular formula is C13H12ClN3O2. The Morgan fingerprint density at radius 2 is 1.84 bits per heavy atom. The minimum atomic E-state index is -0.492. The van der Waals surface area contributed by atoms with Gasteiger partial charge in [-0.3, -0.25) is 10.1 Å². The molecule has 0 aliphatic heterocycles. The van der Waals surface area contributed by atoms with Crippen LogP contribution in [-0.4, -0.2) is 9.91 Å². The number of nitro groups is 1. The third kappa shape index (κ3) is 3.20. The summed E-state index contributed by atoms with van der Waals surface area (Å²) in [6.07, 6.45) is 0. The molecule has 0 fully saturated rings. The van der Waals surface area contributed by atoms with Gasteiger partial charge in [0.05, 0.1) is 4.92 Å². The number of anilines is 2. The molecule has 0 bridgehead atoms. The summed E-state index contributed by atoms with van der Waals surface area (Å²) < 4.78 is 0. The normalized spacial score (nSPS) is 10.3. The predicted octanol–water partition coefficient (Wildman–Crippen LogP) is 4.00. The molecule has 0 spiro atoms. The van der Waals surface area contributed by atoms with E-state index in [1.54, 1.807) is 0 Å². The number of halogens is 1. The summed E-state index contributed by atoms with van der Waals surface area (Å²) in [4.78, 5) is 14.4. The first-order valence-corrected chi connectivity index (χ1v) is 6.00. The number of hydrogen-bond acceptors (Lipinski definition) is 4. The second-order valence-corrected chi connectivity index (χ2v) is 4.65. The van der Waals surface area contributed by atoms with Gasteiger partial charge in [0.2, 0.25) is 5.82 Å². The van der Waals surface area contributed by atoms with Gasteiger partial charge in [0, 0.05) is 11.8 Å². The molecule has 0 radical (unpaired) electrons. The van der Waals surface area contributed by atoms with Crippen LogP contribution >= 0.6 is 11.6 Å². The molecule has 0 amide bonds. The van der Waals surface area contributed by atoms with Crippen LogP contribution in [0.5, 0.6) is 0 Å². The van der Waals surface area contributed by atoms with E-state index in [-0.39, 0.29) is 16.7 Å². The first kappa shape index (κ1) is 13.3. The largest absolute Gasteiger partial charge is 0.334 e. The molecule has 1 N–H and O–H groups in total. The van der Waals surface area contributed by atoms with Gasteiger partial charge in [-0.05, 0) is 43.2 Å². The van der Waals surface area contributed by atoms with Crippen molar-refractivity contribution < 1.29 is 4.92 Å². The minimum absolute atomic E-state index is 0.108. The quantitative estimate of drug-likeness (QED) is 0.523. The number of hydrogen-bond donors (Lipinski definition) is 1. The summed E-state index contributed by atoms with van der Waals surface area (Å²) in [5, 5.41) is 14.1. The maximum atomic E-state index is 10.9. The molecule has 6 heteroatoms. The van der Waals surface area contributed by atoms with Crippen LogP contribution in [0.4, 0.5) is 17.2 Å². The highest BCUT2D eigenvalue weighted by atomic mass is 35.5. The van der Waals surface area contributed by atoms with Crippen LogP contribution in [-0.2, 0) is 0 Å². The van der Waals surface area contributed by atoms with E-state index < -0.39 is 4.92 Å². The van der Waals surface area contributed by atoms with Gasteiger partial charge in [-0.1, -0.05) is 17.7 Å². The SMILES string of the molecule is Cc1cc(C)cc(Nc2nc(Cl)ccc2[N+](=O)[O-])c1. The Hall–Kier alpha value is -2.14. The van der Waals surface area contributed by atoms with Gasteiger partial charge in [-0.15, -0.1) is 0 Å². The van der Waals surface area contributed by atoms with Crippen molar-refractivity contribution in [3.8, 4) is 0 Å². The van der Waals surface area contributed by atoms with E-state index in [9.17, 15) is 10.1 Å². The van der Waals surface area contributed by atoms with Crippen LogP contribution in [0.3, 0.4) is 0 Å². The lowest BCUT2D eigenvalue weighted by atomic mass is 10.1. The minimum Gasteiger partial charge on any atom is -0.334 e. The third-order valence-corrected chi connectivity index (χ3v) is 2.73. The molecule has 2 aromatic rings. The Kier molecular flexibility index (Phi) is 3.66. The van der Waals surface area contributed by atoms with E-state index >= 15 is 0 Å². The van der Waals surface area contributed by atoms with E-state index in [2.05, 4.69) is 10.3 Å². The molecule has 0 unspecified atom stereocenters. The van der Waals surface area contributed by atoms with E-state index in [0.717, 1.165) is 16.8 Å². The van der Waals surface area contributed by atoms with Crippen molar-refractivity contribution in [3.63, 3.8) is 0 Å². The maximum absolute atomic E-state index is 10.9. The summed E-state index contributed by atoms with van der Waals surface area (Å²) in [6, 6.07) is 8.52. The van der Waals surface area contributed by atoms with Crippen LogP contribution in [0.1, 0.15) is 11.1 Å². The van der Waals surface area contributed by atoms with Crippen molar-refractivity contribution >= 4 is 28.8 Å². The molecule has 0 aliphatic rings. The van der Waals surface area contributed by atoms with Gasteiger partial charge in [-0.25, -0.2) is 4.98 Å². The lowest BCUT2D eigenvalue weighted by molar-refractivity contribution is -0.384. The smallest absolute Gasteiger partial charge is 0.311 e. The molecule has 0 saturated carbocycles. The molecule has 1 aromatic heterocycles. The molecule has 98 valence electrons. The standard InChI is InChI=1S/C13H12ClN3O2/c1-8-5-9(2)7-10(6-8)15-13-11(17(18)19)3-4-12(14)16-13/h3-7H,1-2H3,(H,15,16). The number of nitrogens with zero attached hydrogens (tertiary/aromatic N) is 2. The Morgan fingerprint density at radius 1 is 1.21 bits per heavy atom. The predicted molar refractivity (Wildman–Crippen MR) is 75.1 cm³/mol. The molecular weight excluding hydrogens is 266 g/mol. The summed E-state index contributed by atoms with van der Waals surface area (Å²) in [6.45, 7) is 3.91. The fourth-order valence-electron chi connectivity index (χ4n) is 1.85. The first-order valence-electron chi connectivity index (χ1n) is 5.62. The number of pyridine rings is 1. The topological polar surface area (TPSA) is 68.1 Å². The second-order valence-electron chi connectivity index (χ2n) is 4.26. The molecule has 1 aromatic carbocycles. The Labute approximate surface area is 115 Å². The fourth-order valence-corrected chi connectivity index (χ4v) is 2.00. The van der Waals surface area contributed by atoms with Gasteiger partial charge in [-0.2, -0.15) is 0 Å². The molecule has 1 heterocycles. The molecule has 0 saturated heterocycles. The van der Waals surface area contributed by atoms with Crippen molar-refractivity contribution in [1.82, 2.24) is 4.98 Å². The maximum Gasteiger partial charge on any atom is 0.311 e. The summed E-state index contributed by atoms with van der Waals surface area (Å²) >= 11 is 5.78. The molecule has 0 aliphatic carbocycles. The van der Waals surface area contributed by atoms with Crippen LogP contribution in [0, 0.1) is 24.0 Å². The molecule has 5 nitrogen and oxygen atoms in total. The molecule has 2 rings (SSSR count). The summed E-state index contributed by atoms with van der Waals surface area (Å²) in [5.41, 5.74) is 2.76. The Balaban J connectivity index is 2.42. The highest BCUT2D eigenvalue weighted by Crippen LogP contribution is 2.27. The Bertz CT molecular complexity index is 624. The highest BCUT2D eigenvalue weighted by Gasteiger charge is 2.15. The van der Waals surface area contributed by atoms with E-state index in [4.69, 9.17) is 11.6 Å². The fraction of sp³-hybridized carbons (Fsp3) is 0.154. The van der Waals surface area contributed by atoms with Crippen LogP contribution in [0.2, 0.25) is 5.15 Å². The van der Waals surface area contributed by atoms with Gasteiger partial charge >= 0.3 is 5.69 Å². The average molecular weight is 278 g/mol. The van der Waals surface area contributed by atoms with Crippen LogP contribution in [0.25, 0.3) is 0 Å². The number of aromatic nitrogens is 1. The molecule has 0 atom stereocenters. The van der Waals surface area contributed by atoms with Gasteiger partial charge < -0.3 is 5.32 Å². The molecule has 19 heavy (non-hydrogen) atoms. The van der Waals surface area contributed by atoms with E-state index in [1.165, 1.54) is 12.1 Å². The second kappa shape index (κ2) is 5.24. The highest BCUT2D eigenvalue weighted by molar-refractivity contribution is 6.29. The Morgan fingerprint density at radius 3 is 2.42 bits per heavy atom. The van der Waals surface area contributed by atoms with Crippen molar-refractivity contribution in [2.45, 2.75) is 13.8 Å². The lowest BCUT2D eigenvalue weighted by Gasteiger charge is -2.08. The number of nitrogens with one attached hydrogen (secondary N) is 1. The lowest BCUT2D eigenvalue weighted by Crippen LogP contribution is -2.00. The zero-order valence-electron chi connectivity index (χ0n) is 10.5. The van der Waals surface area contributed by atoms with Gasteiger partial charge in [0.25, 0.3) is 0 Å². The zero-order chi connectivity index (χ0) is 14.0. The van der Waals surface area contributed by atoms with Crippen molar-refractivity contribution in [2.75, 3.05) is 5.32 Å². The number of aryl methyl sites for hydroxylation is 2. The third-order valence-electron chi connectivity index (χ3n) is 2.52. The number of benzene rings is 1. The zero-order valence-corrected chi connectivity index (χ0v) is 11.2. The van der Waals surface area contributed by atoms with E-state index in [0.29, 0.717) is 0 Å². The van der Waals surface area contributed by atoms with Crippen LogP contribution < -0.4 is 5.32 Å².